The number of carbonyl (C=O) groups is 1. The first kappa shape index (κ1) is 17.8. The maximum atomic E-state index is 12.0. The molecule has 0 aliphatic carbocycles. The minimum Gasteiger partial charge on any atom is -0.480 e. The van der Waals surface area contributed by atoms with E-state index in [-0.39, 0.29) is 23.8 Å². The molecular weight excluding hydrogens is 292 g/mol. The number of halogens is 1. The fraction of sp³-hybridized carbons (Fsp3) is 0.364. The van der Waals surface area contributed by atoms with E-state index in [1.165, 1.54) is 12.1 Å². The van der Waals surface area contributed by atoms with Gasteiger partial charge in [-0.3, -0.25) is 4.79 Å². The highest BCUT2D eigenvalue weighted by atomic mass is 35.5. The van der Waals surface area contributed by atoms with Gasteiger partial charge in [0.1, 0.15) is 6.04 Å². The summed E-state index contributed by atoms with van der Waals surface area (Å²) in [5, 5.41) is 9.00. The van der Waals surface area contributed by atoms with Crippen LogP contribution in [0.4, 0.5) is 0 Å². The molecule has 6 nitrogen and oxygen atoms in total. The Morgan fingerprint density at radius 3 is 2.32 bits per heavy atom. The van der Waals surface area contributed by atoms with Crippen LogP contribution in [-0.2, 0) is 14.8 Å². The lowest BCUT2D eigenvalue weighted by atomic mass is 10.0. The van der Waals surface area contributed by atoms with Gasteiger partial charge in [0.25, 0.3) is 0 Å². The molecule has 2 atom stereocenters. The molecule has 1 rings (SSSR count). The van der Waals surface area contributed by atoms with Gasteiger partial charge in [0.05, 0.1) is 4.90 Å². The van der Waals surface area contributed by atoms with Crippen LogP contribution in [0.25, 0.3) is 0 Å². The highest BCUT2D eigenvalue weighted by molar-refractivity contribution is 7.89. The number of benzene rings is 1. The fourth-order valence-electron chi connectivity index (χ4n) is 1.38. The van der Waals surface area contributed by atoms with Crippen molar-refractivity contribution in [3.8, 4) is 0 Å². The second kappa shape index (κ2) is 7.44. The lowest BCUT2D eigenvalue weighted by Crippen LogP contribution is -2.47. The van der Waals surface area contributed by atoms with Crippen molar-refractivity contribution >= 4 is 28.4 Å². The summed E-state index contributed by atoms with van der Waals surface area (Å²) < 4.78 is 26.1. The van der Waals surface area contributed by atoms with Gasteiger partial charge in [-0.15, -0.1) is 12.4 Å². The van der Waals surface area contributed by atoms with Crippen LogP contribution >= 0.6 is 12.4 Å². The SMILES string of the molecule is CC(CN)[C@@H](NS(=O)(=O)c1ccccc1)C(=O)O.Cl. The predicted octanol–water partition coefficient (Wildman–Crippen LogP) is 0.435. The molecule has 1 aromatic rings. The second-order valence-electron chi connectivity index (χ2n) is 3.96. The Balaban J connectivity index is 0.00000324. The molecule has 0 bridgehead atoms. The molecule has 8 heteroatoms. The summed E-state index contributed by atoms with van der Waals surface area (Å²) in [6.07, 6.45) is 0. The summed E-state index contributed by atoms with van der Waals surface area (Å²) in [6.45, 7) is 1.65. The van der Waals surface area contributed by atoms with Crippen molar-refractivity contribution in [1.29, 1.82) is 0 Å². The van der Waals surface area contributed by atoms with Crippen molar-refractivity contribution in [3.05, 3.63) is 30.3 Å². The summed E-state index contributed by atoms with van der Waals surface area (Å²) >= 11 is 0. The summed E-state index contributed by atoms with van der Waals surface area (Å²) in [4.78, 5) is 11.1. The van der Waals surface area contributed by atoms with Crippen LogP contribution in [0, 0.1) is 5.92 Å². The minimum atomic E-state index is -3.85. The normalized spacial score (nSPS) is 14.2. The number of hydrogen-bond acceptors (Lipinski definition) is 4. The number of carboxylic acid groups (broad SMARTS) is 1. The third-order valence-electron chi connectivity index (χ3n) is 2.54. The molecule has 0 radical (unpaired) electrons. The quantitative estimate of drug-likeness (QED) is 0.706. The number of nitrogens with two attached hydrogens (primary N) is 1. The number of sulfonamides is 1. The largest absolute Gasteiger partial charge is 0.480 e. The zero-order valence-electron chi connectivity index (χ0n) is 10.3. The molecule has 0 heterocycles. The van der Waals surface area contributed by atoms with Crippen molar-refractivity contribution in [2.45, 2.75) is 17.9 Å². The summed E-state index contributed by atoms with van der Waals surface area (Å²) in [5.74, 6) is -1.74. The van der Waals surface area contributed by atoms with E-state index < -0.39 is 28.0 Å². The first-order valence-electron chi connectivity index (χ1n) is 5.38. The summed E-state index contributed by atoms with van der Waals surface area (Å²) in [6, 6.07) is 6.37. The Kier molecular flexibility index (Phi) is 6.99. The standard InChI is InChI=1S/C11H16N2O4S.ClH/c1-8(7-12)10(11(14)15)13-18(16,17)9-5-3-2-4-6-9;/h2-6,8,10,13H,7,12H2,1H3,(H,14,15);1H/t8?,10-;/m1./s1. The molecule has 1 aromatic carbocycles. The van der Waals surface area contributed by atoms with Crippen LogP contribution in [0.2, 0.25) is 0 Å². The van der Waals surface area contributed by atoms with Gasteiger partial charge in [-0.05, 0) is 24.6 Å². The number of carboxylic acids is 1. The van der Waals surface area contributed by atoms with Crippen molar-refractivity contribution < 1.29 is 18.3 Å². The van der Waals surface area contributed by atoms with Crippen molar-refractivity contribution in [1.82, 2.24) is 4.72 Å². The Morgan fingerprint density at radius 1 is 1.37 bits per heavy atom. The minimum absolute atomic E-state index is 0. The molecular formula is C11H17ClN2O4S. The molecule has 0 saturated carbocycles. The van der Waals surface area contributed by atoms with E-state index in [1.54, 1.807) is 25.1 Å². The van der Waals surface area contributed by atoms with E-state index in [1.807, 2.05) is 0 Å². The molecule has 19 heavy (non-hydrogen) atoms. The van der Waals surface area contributed by atoms with Crippen LogP contribution in [0.1, 0.15) is 6.92 Å². The average molecular weight is 309 g/mol. The molecule has 0 amide bonds. The third kappa shape index (κ3) is 4.79. The summed E-state index contributed by atoms with van der Waals surface area (Å²) in [5.41, 5.74) is 5.37. The number of rotatable bonds is 6. The molecule has 0 fully saturated rings. The van der Waals surface area contributed by atoms with Crippen molar-refractivity contribution in [3.63, 3.8) is 0 Å². The van der Waals surface area contributed by atoms with Crippen LogP contribution < -0.4 is 10.5 Å². The van der Waals surface area contributed by atoms with Gasteiger partial charge in [-0.2, -0.15) is 4.72 Å². The van der Waals surface area contributed by atoms with E-state index in [9.17, 15) is 13.2 Å². The number of aliphatic carboxylic acids is 1. The zero-order chi connectivity index (χ0) is 13.8. The molecule has 0 saturated heterocycles. The topological polar surface area (TPSA) is 109 Å². The van der Waals surface area contributed by atoms with Gasteiger partial charge in [-0.1, -0.05) is 25.1 Å². The number of hydrogen-bond donors (Lipinski definition) is 3. The van der Waals surface area contributed by atoms with Crippen molar-refractivity contribution in [2.24, 2.45) is 11.7 Å². The van der Waals surface area contributed by atoms with Gasteiger partial charge < -0.3 is 10.8 Å². The van der Waals surface area contributed by atoms with E-state index >= 15 is 0 Å². The maximum absolute atomic E-state index is 12.0. The van der Waals surface area contributed by atoms with Crippen LogP contribution in [-0.4, -0.2) is 32.1 Å². The molecule has 0 spiro atoms. The Labute approximate surface area is 118 Å². The zero-order valence-corrected chi connectivity index (χ0v) is 11.9. The first-order chi connectivity index (χ1) is 8.38. The highest BCUT2D eigenvalue weighted by Crippen LogP contribution is 2.11. The average Bonchev–Trinajstić information content (AvgIpc) is 2.36. The second-order valence-corrected chi connectivity index (χ2v) is 5.68. The maximum Gasteiger partial charge on any atom is 0.322 e. The number of nitrogens with one attached hydrogen (secondary N) is 1. The van der Waals surface area contributed by atoms with E-state index in [0.29, 0.717) is 0 Å². The highest BCUT2D eigenvalue weighted by Gasteiger charge is 2.29. The fourth-order valence-corrected chi connectivity index (χ4v) is 2.70. The first-order valence-corrected chi connectivity index (χ1v) is 6.87. The van der Waals surface area contributed by atoms with Crippen molar-refractivity contribution in [2.75, 3.05) is 6.54 Å². The van der Waals surface area contributed by atoms with Gasteiger partial charge in [0.2, 0.25) is 10.0 Å². The smallest absolute Gasteiger partial charge is 0.322 e. The Hall–Kier alpha value is -1.15. The summed E-state index contributed by atoms with van der Waals surface area (Å²) in [7, 11) is -3.85. The van der Waals surface area contributed by atoms with Gasteiger partial charge in [0.15, 0.2) is 0 Å². The van der Waals surface area contributed by atoms with Gasteiger partial charge in [0, 0.05) is 0 Å². The lowest BCUT2D eigenvalue weighted by molar-refractivity contribution is -0.140. The van der Waals surface area contributed by atoms with Gasteiger partial charge in [-0.25, -0.2) is 8.42 Å². The molecule has 0 aromatic heterocycles. The molecule has 0 aliphatic heterocycles. The molecule has 108 valence electrons. The van der Waals surface area contributed by atoms with E-state index in [4.69, 9.17) is 10.8 Å². The Bertz CT molecular complexity index is 507. The van der Waals surface area contributed by atoms with Crippen LogP contribution in [0.3, 0.4) is 0 Å². The van der Waals surface area contributed by atoms with E-state index in [2.05, 4.69) is 4.72 Å². The third-order valence-corrected chi connectivity index (χ3v) is 4.00. The lowest BCUT2D eigenvalue weighted by Gasteiger charge is -2.19. The predicted molar refractivity (Wildman–Crippen MR) is 73.7 cm³/mol. The van der Waals surface area contributed by atoms with Crippen LogP contribution in [0.5, 0.6) is 0 Å². The monoisotopic (exact) mass is 308 g/mol. The molecule has 4 N–H and O–H groups in total. The van der Waals surface area contributed by atoms with Crippen LogP contribution in [0.15, 0.2) is 35.2 Å². The molecule has 1 unspecified atom stereocenters. The molecule has 0 aliphatic rings. The van der Waals surface area contributed by atoms with Gasteiger partial charge >= 0.3 is 5.97 Å². The Morgan fingerprint density at radius 2 is 1.89 bits per heavy atom. The van der Waals surface area contributed by atoms with E-state index in [0.717, 1.165) is 0 Å².